The van der Waals surface area contributed by atoms with Crippen molar-refractivity contribution in [2.45, 2.75) is 19.3 Å². The van der Waals surface area contributed by atoms with E-state index < -0.39 is 0 Å². The first-order chi connectivity index (χ1) is 12.8. The van der Waals surface area contributed by atoms with Gasteiger partial charge in [-0.1, -0.05) is 60.7 Å². The molecule has 0 unspecified atom stereocenters. The summed E-state index contributed by atoms with van der Waals surface area (Å²) in [4.78, 5) is 19.5. The van der Waals surface area contributed by atoms with Gasteiger partial charge in [-0.2, -0.15) is 4.99 Å². The third-order valence-electron chi connectivity index (χ3n) is 4.96. The molecule has 1 fully saturated rings. The van der Waals surface area contributed by atoms with Crippen molar-refractivity contribution in [3.05, 3.63) is 76.7 Å². The first kappa shape index (κ1) is 17.1. The molecule has 0 aromatic heterocycles. The molecule has 0 atom stereocenters. The maximum absolute atomic E-state index is 12.2. The van der Waals surface area contributed by atoms with Crippen LogP contribution in [0.5, 0.6) is 0 Å². The van der Waals surface area contributed by atoms with Gasteiger partial charge in [0, 0.05) is 13.1 Å². The SMILES string of the molecule is O=C1N=C(N2CCC(Cc3ccccc3)CC2)S/C1=C\c1ccccc1. The number of nitrogens with zero attached hydrogens (tertiary/aromatic N) is 2. The minimum atomic E-state index is -0.111. The van der Waals surface area contributed by atoms with E-state index in [-0.39, 0.29) is 5.91 Å². The first-order valence-electron chi connectivity index (χ1n) is 9.14. The van der Waals surface area contributed by atoms with Crippen molar-refractivity contribution in [3.63, 3.8) is 0 Å². The van der Waals surface area contributed by atoms with E-state index in [1.54, 1.807) is 0 Å². The van der Waals surface area contributed by atoms with Crippen LogP contribution in [-0.2, 0) is 11.2 Å². The number of hydrogen-bond donors (Lipinski definition) is 0. The van der Waals surface area contributed by atoms with E-state index in [1.807, 2.05) is 36.4 Å². The van der Waals surface area contributed by atoms with Gasteiger partial charge < -0.3 is 4.90 Å². The number of carbonyl (C=O) groups is 1. The van der Waals surface area contributed by atoms with E-state index in [9.17, 15) is 4.79 Å². The van der Waals surface area contributed by atoms with Crippen LogP contribution in [0.4, 0.5) is 0 Å². The van der Waals surface area contributed by atoms with E-state index in [4.69, 9.17) is 0 Å². The summed E-state index contributed by atoms with van der Waals surface area (Å²) >= 11 is 1.51. The molecule has 4 heteroatoms. The fraction of sp³-hybridized carbons (Fsp3) is 0.273. The van der Waals surface area contributed by atoms with E-state index in [2.05, 4.69) is 40.2 Å². The molecule has 1 saturated heterocycles. The van der Waals surface area contributed by atoms with Gasteiger partial charge in [0.1, 0.15) is 0 Å². The van der Waals surface area contributed by atoms with Gasteiger partial charge >= 0.3 is 0 Å². The Morgan fingerprint density at radius 2 is 1.65 bits per heavy atom. The quantitative estimate of drug-likeness (QED) is 0.748. The summed E-state index contributed by atoms with van der Waals surface area (Å²) in [6, 6.07) is 20.7. The molecule has 0 saturated carbocycles. The highest BCUT2D eigenvalue weighted by atomic mass is 32.2. The maximum Gasteiger partial charge on any atom is 0.286 e. The van der Waals surface area contributed by atoms with Crippen molar-refractivity contribution in [2.75, 3.05) is 13.1 Å². The molecule has 1 amide bonds. The summed E-state index contributed by atoms with van der Waals surface area (Å²) in [6.45, 7) is 1.96. The highest BCUT2D eigenvalue weighted by Crippen LogP contribution is 2.32. The van der Waals surface area contributed by atoms with Gasteiger partial charge in [0.15, 0.2) is 5.17 Å². The molecule has 2 aliphatic heterocycles. The molecule has 4 rings (SSSR count). The second-order valence-electron chi connectivity index (χ2n) is 6.84. The standard InChI is InChI=1S/C22H22N2OS/c25-21-20(16-18-9-5-2-6-10-18)26-22(23-21)24-13-11-19(12-14-24)15-17-7-3-1-4-8-17/h1-10,16,19H,11-15H2/b20-16-. The molecule has 0 radical (unpaired) electrons. The van der Waals surface area contributed by atoms with Gasteiger partial charge in [0.25, 0.3) is 5.91 Å². The number of thioether (sulfide) groups is 1. The number of hydrogen-bond acceptors (Lipinski definition) is 3. The molecule has 2 aromatic carbocycles. The third-order valence-corrected chi connectivity index (χ3v) is 6.00. The zero-order valence-electron chi connectivity index (χ0n) is 14.7. The smallest absolute Gasteiger partial charge is 0.286 e. The second kappa shape index (κ2) is 7.92. The van der Waals surface area contributed by atoms with Crippen molar-refractivity contribution in [1.82, 2.24) is 4.90 Å². The van der Waals surface area contributed by atoms with Crippen molar-refractivity contribution in [2.24, 2.45) is 10.9 Å². The van der Waals surface area contributed by atoms with Crippen molar-refractivity contribution in [3.8, 4) is 0 Å². The van der Waals surface area contributed by atoms with Crippen molar-refractivity contribution in [1.29, 1.82) is 0 Å². The van der Waals surface area contributed by atoms with Crippen LogP contribution < -0.4 is 0 Å². The Balaban J connectivity index is 1.34. The number of amides is 1. The van der Waals surface area contributed by atoms with Crippen LogP contribution >= 0.6 is 11.8 Å². The fourth-order valence-electron chi connectivity index (χ4n) is 3.51. The van der Waals surface area contributed by atoms with Gasteiger partial charge in [-0.3, -0.25) is 4.79 Å². The fourth-order valence-corrected chi connectivity index (χ4v) is 4.47. The van der Waals surface area contributed by atoms with Crippen LogP contribution in [0.1, 0.15) is 24.0 Å². The number of aliphatic imine (C=N–C) groups is 1. The van der Waals surface area contributed by atoms with E-state index in [0.717, 1.165) is 53.9 Å². The summed E-state index contributed by atoms with van der Waals surface area (Å²) < 4.78 is 0. The molecular weight excluding hydrogens is 340 g/mol. The van der Waals surface area contributed by atoms with Crippen LogP contribution in [0.15, 0.2) is 70.6 Å². The van der Waals surface area contributed by atoms with E-state index >= 15 is 0 Å². The van der Waals surface area contributed by atoms with Crippen molar-refractivity contribution >= 4 is 28.9 Å². The first-order valence-corrected chi connectivity index (χ1v) is 9.96. The van der Waals surface area contributed by atoms with Crippen molar-refractivity contribution < 1.29 is 4.79 Å². The van der Waals surface area contributed by atoms with Gasteiger partial charge in [-0.15, -0.1) is 0 Å². The number of benzene rings is 2. The molecule has 0 N–H and O–H groups in total. The lowest BCUT2D eigenvalue weighted by molar-refractivity contribution is -0.113. The molecule has 3 nitrogen and oxygen atoms in total. The maximum atomic E-state index is 12.2. The molecule has 2 heterocycles. The van der Waals surface area contributed by atoms with E-state index in [1.165, 1.54) is 17.3 Å². The molecule has 0 spiro atoms. The van der Waals surface area contributed by atoms with Crippen LogP contribution in [0.3, 0.4) is 0 Å². The van der Waals surface area contributed by atoms with E-state index in [0.29, 0.717) is 0 Å². The van der Waals surface area contributed by atoms with Gasteiger partial charge in [-0.25, -0.2) is 0 Å². The summed E-state index contributed by atoms with van der Waals surface area (Å²) in [7, 11) is 0. The summed E-state index contributed by atoms with van der Waals surface area (Å²) in [5, 5.41) is 0.871. The lowest BCUT2D eigenvalue weighted by Crippen LogP contribution is -2.37. The minimum Gasteiger partial charge on any atom is -0.351 e. The molecule has 0 aliphatic carbocycles. The molecule has 132 valence electrons. The summed E-state index contributed by atoms with van der Waals surface area (Å²) in [5.74, 6) is 0.607. The predicted molar refractivity (Wildman–Crippen MR) is 109 cm³/mol. The lowest BCUT2D eigenvalue weighted by Gasteiger charge is -2.32. The summed E-state index contributed by atoms with van der Waals surface area (Å²) in [6.07, 6.45) is 5.39. The van der Waals surface area contributed by atoms with Gasteiger partial charge in [0.2, 0.25) is 0 Å². The monoisotopic (exact) mass is 362 g/mol. The van der Waals surface area contributed by atoms with Crippen LogP contribution in [0.2, 0.25) is 0 Å². The Hall–Kier alpha value is -2.33. The molecule has 2 aromatic rings. The Morgan fingerprint density at radius 1 is 1.00 bits per heavy atom. The highest BCUT2D eigenvalue weighted by Gasteiger charge is 2.29. The predicted octanol–water partition coefficient (Wildman–Crippen LogP) is 4.61. The average molecular weight is 362 g/mol. The van der Waals surface area contributed by atoms with Crippen LogP contribution in [0, 0.1) is 5.92 Å². The lowest BCUT2D eigenvalue weighted by atomic mass is 9.90. The zero-order chi connectivity index (χ0) is 17.8. The summed E-state index contributed by atoms with van der Waals surface area (Å²) in [5.41, 5.74) is 2.46. The Kier molecular flexibility index (Phi) is 5.21. The third kappa shape index (κ3) is 4.07. The largest absolute Gasteiger partial charge is 0.351 e. The second-order valence-corrected chi connectivity index (χ2v) is 7.85. The van der Waals surface area contributed by atoms with Gasteiger partial charge in [-0.05, 0) is 54.1 Å². The number of rotatable bonds is 3. The Bertz CT molecular complexity index is 822. The van der Waals surface area contributed by atoms with Crippen LogP contribution in [0.25, 0.3) is 6.08 Å². The molecular formula is C22H22N2OS. The molecule has 0 bridgehead atoms. The normalized spacial score (nSPS) is 19.8. The average Bonchev–Trinajstić information content (AvgIpc) is 3.04. The number of amidine groups is 1. The molecule has 2 aliphatic rings. The van der Waals surface area contributed by atoms with Crippen LogP contribution in [-0.4, -0.2) is 29.1 Å². The van der Waals surface area contributed by atoms with Gasteiger partial charge in [0.05, 0.1) is 4.91 Å². The minimum absolute atomic E-state index is 0.111. The highest BCUT2D eigenvalue weighted by molar-refractivity contribution is 8.18. The Labute approximate surface area is 158 Å². The Morgan fingerprint density at radius 3 is 2.35 bits per heavy atom. The molecule has 26 heavy (non-hydrogen) atoms. The zero-order valence-corrected chi connectivity index (χ0v) is 15.5. The number of piperidine rings is 1. The number of carbonyl (C=O) groups excluding carboxylic acids is 1. The topological polar surface area (TPSA) is 32.7 Å². The number of likely N-dealkylation sites (tertiary alicyclic amines) is 1.